The molecule has 4 amide bonds. The fourth-order valence-electron chi connectivity index (χ4n) is 9.00. The molecular weight excluding hydrogens is 909 g/mol. The minimum absolute atomic E-state index is 0.0218. The molecule has 376 valence electrons. The van der Waals surface area contributed by atoms with Crippen molar-refractivity contribution in [3.05, 3.63) is 93.7 Å². The fraction of sp³-hybridized carbons (Fsp3) is 0.491. The minimum atomic E-state index is -0.866. The van der Waals surface area contributed by atoms with E-state index in [0.717, 1.165) is 82.3 Å². The number of carbonyl (C=O) groups is 4. The van der Waals surface area contributed by atoms with Crippen LogP contribution >= 0.6 is 11.3 Å². The average Bonchev–Trinajstić information content (AvgIpc) is 3.96. The second-order valence-electron chi connectivity index (χ2n) is 19.4. The van der Waals surface area contributed by atoms with Crippen molar-refractivity contribution in [3.8, 4) is 33.1 Å². The topological polar surface area (TPSA) is 197 Å². The van der Waals surface area contributed by atoms with E-state index < -0.39 is 23.6 Å². The largest absolute Gasteiger partial charge is 0.496 e. The number of nitrogens with zero attached hydrogens (tertiary/aromatic N) is 5. The number of aliphatic hydroxyl groups excluding tert-OH is 1. The molecule has 1 fully saturated rings. The van der Waals surface area contributed by atoms with Crippen molar-refractivity contribution >= 4 is 45.7 Å². The van der Waals surface area contributed by atoms with E-state index in [1.165, 1.54) is 4.90 Å². The van der Waals surface area contributed by atoms with Crippen molar-refractivity contribution < 1.29 is 33.8 Å². The van der Waals surface area contributed by atoms with Crippen molar-refractivity contribution in [2.24, 2.45) is 12.5 Å². The van der Waals surface area contributed by atoms with Crippen molar-refractivity contribution in [2.45, 2.75) is 117 Å². The normalized spacial score (nSPS) is 15.3. The number of hydrogen-bond acceptors (Lipinski definition) is 12. The SMILES string of the molecule is COc1cc(-c2cn(C)c(=O)c3cnccc23)cc(OC)c1CN(C)CC(=O)NCCCCCCCCCC(=O)N[C@@H](C(=O)N1C[C@@H](O)C[C@@H]1C(=O)NCc1ccc(-c2scnc2C)cc1)C(C)(C)C. The van der Waals surface area contributed by atoms with Crippen LogP contribution < -0.4 is 31.0 Å². The highest BCUT2D eigenvalue weighted by atomic mass is 32.1. The molecule has 6 rings (SSSR count). The average molecular weight is 979 g/mol. The molecule has 0 unspecified atom stereocenters. The van der Waals surface area contributed by atoms with Gasteiger partial charge in [-0.25, -0.2) is 4.98 Å². The summed E-state index contributed by atoms with van der Waals surface area (Å²) in [7, 11) is 6.78. The second-order valence-corrected chi connectivity index (χ2v) is 20.3. The van der Waals surface area contributed by atoms with Gasteiger partial charge >= 0.3 is 0 Å². The van der Waals surface area contributed by atoms with Crippen LogP contribution in [0.25, 0.3) is 32.3 Å². The molecule has 17 heteroatoms. The van der Waals surface area contributed by atoms with E-state index in [4.69, 9.17) is 9.47 Å². The number of thiazole rings is 1. The van der Waals surface area contributed by atoms with Crippen LogP contribution in [-0.2, 0) is 39.3 Å². The molecule has 0 spiro atoms. The Kier molecular flexibility index (Phi) is 18.7. The van der Waals surface area contributed by atoms with Crippen molar-refractivity contribution in [3.63, 3.8) is 0 Å². The van der Waals surface area contributed by atoms with E-state index in [0.29, 0.717) is 36.4 Å². The van der Waals surface area contributed by atoms with E-state index >= 15 is 0 Å². The molecule has 0 bridgehead atoms. The van der Waals surface area contributed by atoms with E-state index in [2.05, 4.69) is 25.9 Å². The quantitative estimate of drug-likeness (QED) is 0.0520. The summed E-state index contributed by atoms with van der Waals surface area (Å²) in [5.74, 6) is 0.213. The number of β-amino-alcohol motifs (C(OH)–C–C–N with tert-alkyl or cyclic N) is 1. The van der Waals surface area contributed by atoms with Crippen LogP contribution in [0, 0.1) is 12.3 Å². The maximum atomic E-state index is 14.0. The number of methoxy groups -OCH3 is 2. The van der Waals surface area contributed by atoms with Crippen LogP contribution in [0.5, 0.6) is 11.5 Å². The van der Waals surface area contributed by atoms with Gasteiger partial charge in [0.2, 0.25) is 23.6 Å². The zero-order valence-electron chi connectivity index (χ0n) is 41.9. The van der Waals surface area contributed by atoms with Crippen LogP contribution in [0.15, 0.2) is 71.4 Å². The highest BCUT2D eigenvalue weighted by Gasteiger charge is 2.44. The van der Waals surface area contributed by atoms with Crippen LogP contribution in [0.4, 0.5) is 0 Å². The number of likely N-dealkylation sites (N-methyl/N-ethyl adjacent to an activating group) is 1. The van der Waals surface area contributed by atoms with Gasteiger partial charge in [0, 0.05) is 70.2 Å². The summed E-state index contributed by atoms with van der Waals surface area (Å²) in [6, 6.07) is 11.9. The predicted molar refractivity (Wildman–Crippen MR) is 273 cm³/mol. The highest BCUT2D eigenvalue weighted by Crippen LogP contribution is 2.38. The molecule has 1 aliphatic rings. The van der Waals surface area contributed by atoms with Gasteiger partial charge in [-0.05, 0) is 72.5 Å². The molecule has 0 saturated carbocycles. The highest BCUT2D eigenvalue weighted by molar-refractivity contribution is 7.13. The lowest BCUT2D eigenvalue weighted by Crippen LogP contribution is -2.57. The maximum absolute atomic E-state index is 14.0. The van der Waals surface area contributed by atoms with Gasteiger partial charge in [0.05, 0.1) is 53.9 Å². The van der Waals surface area contributed by atoms with Crippen molar-refractivity contribution in [1.29, 1.82) is 0 Å². The number of hydrogen-bond donors (Lipinski definition) is 4. The van der Waals surface area contributed by atoms with E-state index in [1.807, 2.05) is 87.6 Å². The van der Waals surface area contributed by atoms with E-state index in [9.17, 15) is 29.1 Å². The Morgan fingerprint density at radius 2 is 1.59 bits per heavy atom. The summed E-state index contributed by atoms with van der Waals surface area (Å²) in [5, 5.41) is 20.8. The molecule has 4 heterocycles. The summed E-state index contributed by atoms with van der Waals surface area (Å²) < 4.78 is 13.2. The first-order valence-corrected chi connectivity index (χ1v) is 25.1. The second kappa shape index (κ2) is 24.6. The Morgan fingerprint density at radius 1 is 0.914 bits per heavy atom. The monoisotopic (exact) mass is 979 g/mol. The Labute approximate surface area is 415 Å². The first-order valence-electron chi connectivity index (χ1n) is 24.2. The molecule has 4 N–H and O–H groups in total. The lowest BCUT2D eigenvalue weighted by atomic mass is 9.85. The van der Waals surface area contributed by atoms with Gasteiger partial charge < -0.3 is 40.0 Å². The Morgan fingerprint density at radius 3 is 2.23 bits per heavy atom. The number of benzene rings is 2. The molecule has 0 aliphatic carbocycles. The van der Waals surface area contributed by atoms with Gasteiger partial charge in [-0.15, -0.1) is 11.3 Å². The first-order chi connectivity index (χ1) is 33.5. The van der Waals surface area contributed by atoms with Gasteiger partial charge in [-0.3, -0.25) is 33.9 Å². The molecule has 0 radical (unpaired) electrons. The lowest BCUT2D eigenvalue weighted by molar-refractivity contribution is -0.144. The zero-order chi connectivity index (χ0) is 50.5. The smallest absolute Gasteiger partial charge is 0.259 e. The maximum Gasteiger partial charge on any atom is 0.259 e. The number of aliphatic hydroxyl groups is 1. The minimum Gasteiger partial charge on any atom is -0.496 e. The number of pyridine rings is 2. The summed E-state index contributed by atoms with van der Waals surface area (Å²) >= 11 is 1.58. The summed E-state index contributed by atoms with van der Waals surface area (Å²) in [6.07, 6.45) is 11.0. The van der Waals surface area contributed by atoms with Crippen LogP contribution in [0.3, 0.4) is 0 Å². The molecule has 3 aromatic heterocycles. The Bertz CT molecular complexity index is 2640. The fourth-order valence-corrected chi connectivity index (χ4v) is 9.81. The molecule has 16 nitrogen and oxygen atoms in total. The van der Waals surface area contributed by atoms with Crippen molar-refractivity contribution in [2.75, 3.05) is 40.9 Å². The number of unbranched alkanes of at least 4 members (excludes halogenated alkanes) is 6. The van der Waals surface area contributed by atoms with Gasteiger partial charge in [0.15, 0.2) is 0 Å². The summed E-state index contributed by atoms with van der Waals surface area (Å²) in [5.41, 5.74) is 6.46. The van der Waals surface area contributed by atoms with Gasteiger partial charge in [-0.1, -0.05) is 77.1 Å². The van der Waals surface area contributed by atoms with E-state index in [-0.39, 0.29) is 61.7 Å². The van der Waals surface area contributed by atoms with E-state index in [1.54, 1.807) is 55.8 Å². The van der Waals surface area contributed by atoms with Crippen molar-refractivity contribution in [1.82, 2.24) is 40.3 Å². The molecule has 1 saturated heterocycles. The third-order valence-corrected chi connectivity index (χ3v) is 13.8. The van der Waals surface area contributed by atoms with Crippen LogP contribution in [-0.4, -0.2) is 112 Å². The van der Waals surface area contributed by atoms with Gasteiger partial charge in [-0.2, -0.15) is 0 Å². The Balaban J connectivity index is 0.868. The number of amides is 4. The van der Waals surface area contributed by atoms with Crippen LogP contribution in [0.1, 0.15) is 95.4 Å². The number of carbonyl (C=O) groups excluding carboxylic acids is 4. The zero-order valence-corrected chi connectivity index (χ0v) is 42.7. The van der Waals surface area contributed by atoms with Gasteiger partial charge in [0.25, 0.3) is 5.56 Å². The predicted octanol–water partition coefficient (Wildman–Crippen LogP) is 6.53. The molecular formula is C53H70N8O8S. The van der Waals surface area contributed by atoms with Crippen LogP contribution in [0.2, 0.25) is 0 Å². The lowest BCUT2D eigenvalue weighted by Gasteiger charge is -2.35. The summed E-state index contributed by atoms with van der Waals surface area (Å²) in [4.78, 5) is 79.2. The number of ether oxygens (including phenoxy) is 2. The standard InChI is InChI=1S/C53H70N8O8S/c1-34-48(70-33-57-34)36-19-17-35(18-20-36)27-56-50(65)43-26-38(62)29-61(43)52(67)49(53(2,3)4)58-46(63)16-14-12-10-9-11-13-15-22-55-47(64)32-59(5)30-42-44(68-7)24-37(25-45(42)69-8)41-31-60(6)51(66)40-28-54-23-21-39(40)41/h17-21,23-25,28,31,33,38,43,49,62H,9-16,22,26-27,29-30,32H2,1-8H3,(H,55,64)(H,56,65)(H,58,63)/t38-,43+,49-/m0/s1. The Hall–Kier alpha value is -6.17. The number of rotatable bonds is 23. The number of likely N-dealkylation sites (tertiary alicyclic amines) is 1. The summed E-state index contributed by atoms with van der Waals surface area (Å²) in [6.45, 7) is 9.10. The molecule has 70 heavy (non-hydrogen) atoms. The number of aryl methyl sites for hydroxylation is 2. The molecule has 3 atom stereocenters. The third kappa shape index (κ3) is 13.8. The number of nitrogens with one attached hydrogen (secondary N) is 3. The molecule has 1 aliphatic heterocycles. The molecule has 5 aromatic rings. The number of fused-ring (bicyclic) bond motifs is 1. The molecule has 2 aromatic carbocycles. The third-order valence-electron chi connectivity index (χ3n) is 12.9. The van der Waals surface area contributed by atoms with Gasteiger partial charge in [0.1, 0.15) is 23.6 Å². The number of aromatic nitrogens is 3. The first kappa shape index (κ1) is 53.2.